The SMILES string of the molecule is [CH2]Cc1cc([N+](=O)[O-])cc([N+](=O)[O-])c1. The molecule has 1 rings (SSSR count). The first-order valence-electron chi connectivity index (χ1n) is 3.76. The van der Waals surface area contributed by atoms with Crippen LogP contribution < -0.4 is 0 Å². The summed E-state index contributed by atoms with van der Waals surface area (Å²) in [6.45, 7) is 3.51. The smallest absolute Gasteiger partial charge is 0.258 e. The highest BCUT2D eigenvalue weighted by atomic mass is 16.6. The third-order valence-electron chi connectivity index (χ3n) is 1.67. The zero-order valence-electron chi connectivity index (χ0n) is 7.17. The van der Waals surface area contributed by atoms with Gasteiger partial charge in [-0.25, -0.2) is 0 Å². The second kappa shape index (κ2) is 3.82. The molecule has 6 nitrogen and oxygen atoms in total. The summed E-state index contributed by atoms with van der Waals surface area (Å²) in [6, 6.07) is 3.49. The summed E-state index contributed by atoms with van der Waals surface area (Å²) >= 11 is 0. The van der Waals surface area contributed by atoms with Gasteiger partial charge in [-0.2, -0.15) is 0 Å². The predicted molar refractivity (Wildman–Crippen MR) is 48.8 cm³/mol. The van der Waals surface area contributed by atoms with Crippen LogP contribution >= 0.6 is 0 Å². The summed E-state index contributed by atoms with van der Waals surface area (Å²) in [7, 11) is 0. The number of nitro groups is 2. The van der Waals surface area contributed by atoms with Gasteiger partial charge >= 0.3 is 0 Å². The molecule has 0 atom stereocenters. The molecule has 0 aliphatic carbocycles. The molecule has 14 heavy (non-hydrogen) atoms. The quantitative estimate of drug-likeness (QED) is 0.544. The summed E-state index contributed by atoms with van der Waals surface area (Å²) in [4.78, 5) is 19.5. The van der Waals surface area contributed by atoms with Crippen LogP contribution in [0.4, 0.5) is 11.4 Å². The van der Waals surface area contributed by atoms with Gasteiger partial charge in [0, 0.05) is 12.1 Å². The van der Waals surface area contributed by atoms with Crippen molar-refractivity contribution >= 4 is 11.4 Å². The van der Waals surface area contributed by atoms with E-state index in [-0.39, 0.29) is 17.8 Å². The van der Waals surface area contributed by atoms with Crippen molar-refractivity contribution in [2.24, 2.45) is 0 Å². The molecule has 6 heteroatoms. The molecule has 1 aromatic rings. The van der Waals surface area contributed by atoms with Crippen molar-refractivity contribution in [3.63, 3.8) is 0 Å². The van der Waals surface area contributed by atoms with E-state index in [1.54, 1.807) is 0 Å². The minimum atomic E-state index is -0.661. The Labute approximate surface area is 79.5 Å². The molecule has 73 valence electrons. The molecule has 0 bridgehead atoms. The van der Waals surface area contributed by atoms with Gasteiger partial charge in [-0.15, -0.1) is 0 Å². The van der Waals surface area contributed by atoms with Gasteiger partial charge in [-0.1, -0.05) is 0 Å². The first-order chi connectivity index (χ1) is 6.54. The fraction of sp³-hybridized carbons (Fsp3) is 0.125. The van der Waals surface area contributed by atoms with Gasteiger partial charge in [0.25, 0.3) is 11.4 Å². The highest BCUT2D eigenvalue weighted by molar-refractivity contribution is 5.46. The molecule has 0 saturated heterocycles. The predicted octanol–water partition coefficient (Wildman–Crippen LogP) is 1.88. The molecule has 0 unspecified atom stereocenters. The molecular weight excluding hydrogens is 188 g/mol. The Morgan fingerprint density at radius 3 is 1.79 bits per heavy atom. The normalized spacial score (nSPS) is 9.79. The second-order valence-corrected chi connectivity index (χ2v) is 2.62. The average Bonchev–Trinajstić information content (AvgIpc) is 2.16. The maximum Gasteiger partial charge on any atom is 0.276 e. The van der Waals surface area contributed by atoms with Crippen LogP contribution in [0.3, 0.4) is 0 Å². The van der Waals surface area contributed by atoms with E-state index in [0.29, 0.717) is 5.56 Å². The lowest BCUT2D eigenvalue weighted by Gasteiger charge is -1.97. The van der Waals surface area contributed by atoms with Crippen molar-refractivity contribution in [1.29, 1.82) is 0 Å². The van der Waals surface area contributed by atoms with Crippen LogP contribution in [-0.2, 0) is 6.42 Å². The molecule has 0 aliphatic heterocycles. The molecule has 0 spiro atoms. The fourth-order valence-electron chi connectivity index (χ4n) is 1.01. The third kappa shape index (κ3) is 2.03. The van der Waals surface area contributed by atoms with Crippen molar-refractivity contribution in [3.05, 3.63) is 50.9 Å². The van der Waals surface area contributed by atoms with E-state index in [0.717, 1.165) is 6.07 Å². The molecule has 0 N–H and O–H groups in total. The van der Waals surface area contributed by atoms with E-state index < -0.39 is 9.85 Å². The number of rotatable bonds is 3. The summed E-state index contributed by atoms with van der Waals surface area (Å²) in [5.74, 6) is 0. The lowest BCUT2D eigenvalue weighted by Crippen LogP contribution is -1.94. The van der Waals surface area contributed by atoms with E-state index in [1.807, 2.05) is 0 Å². The summed E-state index contributed by atoms with van der Waals surface area (Å²) in [5, 5.41) is 20.8. The second-order valence-electron chi connectivity index (χ2n) is 2.62. The number of benzene rings is 1. The first kappa shape index (κ1) is 10.1. The van der Waals surface area contributed by atoms with Crippen LogP contribution in [0.15, 0.2) is 18.2 Å². The van der Waals surface area contributed by atoms with Gasteiger partial charge in [0.05, 0.1) is 15.9 Å². The molecule has 0 fully saturated rings. The minimum absolute atomic E-state index is 0.280. The van der Waals surface area contributed by atoms with Crippen LogP contribution in [0.25, 0.3) is 0 Å². The standard InChI is InChI=1S/C8H7N2O4/c1-2-6-3-7(9(11)12)5-8(4-6)10(13)14/h3-5H,1-2H2. The molecule has 0 amide bonds. The summed E-state index contributed by atoms with van der Waals surface area (Å²) < 4.78 is 0. The zero-order chi connectivity index (χ0) is 10.7. The van der Waals surface area contributed by atoms with E-state index >= 15 is 0 Å². The number of hydrogen-bond donors (Lipinski definition) is 0. The topological polar surface area (TPSA) is 86.3 Å². The van der Waals surface area contributed by atoms with Gasteiger partial charge < -0.3 is 0 Å². The highest BCUT2D eigenvalue weighted by Crippen LogP contribution is 2.22. The van der Waals surface area contributed by atoms with Gasteiger partial charge in [0.1, 0.15) is 0 Å². The molecule has 0 heterocycles. The Hall–Kier alpha value is -1.98. The largest absolute Gasteiger partial charge is 0.276 e. The van der Waals surface area contributed by atoms with Gasteiger partial charge in [-0.05, 0) is 18.9 Å². The molecule has 0 saturated carbocycles. The maximum atomic E-state index is 10.4. The first-order valence-corrected chi connectivity index (χ1v) is 3.76. The number of nitrogens with zero attached hydrogens (tertiary/aromatic N) is 2. The van der Waals surface area contributed by atoms with Crippen LogP contribution in [-0.4, -0.2) is 9.85 Å². The molecule has 0 aromatic heterocycles. The zero-order valence-corrected chi connectivity index (χ0v) is 7.17. The van der Waals surface area contributed by atoms with Crippen molar-refractivity contribution in [2.45, 2.75) is 6.42 Å². The summed E-state index contributed by atoms with van der Waals surface area (Å²) in [6.07, 6.45) is 0.280. The van der Waals surface area contributed by atoms with Crippen LogP contribution in [0.2, 0.25) is 0 Å². The molecule has 0 aliphatic rings. The van der Waals surface area contributed by atoms with Gasteiger partial charge in [-0.3, -0.25) is 20.2 Å². The van der Waals surface area contributed by atoms with Crippen molar-refractivity contribution in [2.75, 3.05) is 0 Å². The fourth-order valence-corrected chi connectivity index (χ4v) is 1.01. The Morgan fingerprint density at radius 1 is 1.07 bits per heavy atom. The van der Waals surface area contributed by atoms with Crippen LogP contribution in [0.5, 0.6) is 0 Å². The van der Waals surface area contributed by atoms with Crippen LogP contribution in [0.1, 0.15) is 5.56 Å². The Kier molecular flexibility index (Phi) is 2.76. The Balaban J connectivity index is 3.27. The molecular formula is C8H7N2O4. The van der Waals surface area contributed by atoms with E-state index in [4.69, 9.17) is 0 Å². The monoisotopic (exact) mass is 195 g/mol. The van der Waals surface area contributed by atoms with Gasteiger partial charge in [0.15, 0.2) is 0 Å². The van der Waals surface area contributed by atoms with Crippen molar-refractivity contribution in [3.8, 4) is 0 Å². The summed E-state index contributed by atoms with van der Waals surface area (Å²) in [5.41, 5.74) is -0.0819. The lowest BCUT2D eigenvalue weighted by molar-refractivity contribution is -0.394. The van der Waals surface area contributed by atoms with E-state index in [1.165, 1.54) is 12.1 Å². The van der Waals surface area contributed by atoms with Crippen molar-refractivity contribution < 1.29 is 9.85 Å². The molecule has 1 radical (unpaired) electrons. The number of hydrogen-bond acceptors (Lipinski definition) is 4. The Bertz CT molecular complexity index is 357. The van der Waals surface area contributed by atoms with Gasteiger partial charge in [0.2, 0.25) is 0 Å². The van der Waals surface area contributed by atoms with Crippen molar-refractivity contribution in [1.82, 2.24) is 0 Å². The molecule has 1 aromatic carbocycles. The minimum Gasteiger partial charge on any atom is -0.258 e. The maximum absolute atomic E-state index is 10.4. The number of nitro benzene ring substituents is 2. The Morgan fingerprint density at radius 2 is 1.50 bits per heavy atom. The van der Waals surface area contributed by atoms with Crippen LogP contribution in [0, 0.1) is 27.2 Å². The average molecular weight is 195 g/mol. The highest BCUT2D eigenvalue weighted by Gasteiger charge is 2.15. The van der Waals surface area contributed by atoms with E-state index in [9.17, 15) is 20.2 Å². The number of non-ortho nitro benzene ring substituents is 2. The lowest BCUT2D eigenvalue weighted by atomic mass is 10.1. The van der Waals surface area contributed by atoms with E-state index in [2.05, 4.69) is 6.92 Å². The third-order valence-corrected chi connectivity index (χ3v) is 1.67.